The lowest BCUT2D eigenvalue weighted by Gasteiger charge is -2.38. The maximum Gasteiger partial charge on any atom is 0.198 e. The smallest absolute Gasteiger partial charge is 0.198 e. The molecule has 3 aromatic rings. The molecule has 0 bridgehead atoms. The molecule has 2 atom stereocenters. The molecule has 6 heteroatoms. The van der Waals surface area contributed by atoms with E-state index in [0.29, 0.717) is 12.5 Å². The number of para-hydroxylation sites is 1. The highest BCUT2D eigenvalue weighted by Crippen LogP contribution is 2.41. The second-order valence-corrected chi connectivity index (χ2v) is 7.70. The Morgan fingerprint density at radius 3 is 2.89 bits per heavy atom. The third-order valence-electron chi connectivity index (χ3n) is 5.33. The van der Waals surface area contributed by atoms with Gasteiger partial charge in [0.2, 0.25) is 0 Å². The Morgan fingerprint density at radius 1 is 1.22 bits per heavy atom. The molecule has 2 heterocycles. The molecule has 2 aromatic carbocycles. The van der Waals surface area contributed by atoms with Crippen LogP contribution in [0.2, 0.25) is 0 Å². The fourth-order valence-electron chi connectivity index (χ4n) is 3.69. The molecule has 1 aliphatic carbocycles. The Morgan fingerprint density at radius 2 is 2.07 bits per heavy atom. The zero-order valence-corrected chi connectivity index (χ0v) is 15.4. The summed E-state index contributed by atoms with van der Waals surface area (Å²) in [4.78, 5) is 4.73. The van der Waals surface area contributed by atoms with E-state index in [1.54, 1.807) is 0 Å². The van der Waals surface area contributed by atoms with Crippen molar-refractivity contribution in [2.75, 3.05) is 18.4 Å². The first-order valence-corrected chi connectivity index (χ1v) is 9.52. The van der Waals surface area contributed by atoms with E-state index in [-0.39, 0.29) is 6.23 Å². The number of morpholine rings is 1. The molecule has 0 spiro atoms. The van der Waals surface area contributed by atoms with Gasteiger partial charge < -0.3 is 25.5 Å². The van der Waals surface area contributed by atoms with Gasteiger partial charge in [-0.25, -0.2) is 4.98 Å². The average molecular weight is 364 g/mol. The minimum absolute atomic E-state index is 0.301. The van der Waals surface area contributed by atoms with Gasteiger partial charge >= 0.3 is 0 Å². The number of nitrogens with one attached hydrogen (secondary N) is 2. The number of hydrogen-bond donors (Lipinski definition) is 3. The number of nitrogens with two attached hydrogens (primary N) is 1. The molecule has 6 nitrogen and oxygen atoms in total. The third kappa shape index (κ3) is 3.20. The molecular weight excluding hydrogens is 340 g/mol. The molecule has 0 amide bonds. The summed E-state index contributed by atoms with van der Waals surface area (Å²) < 4.78 is 12.0. The number of nitrogens with zero attached hydrogens (tertiary/aromatic N) is 1. The van der Waals surface area contributed by atoms with Crippen LogP contribution >= 0.6 is 0 Å². The Labute approximate surface area is 158 Å². The SMILES string of the molecule is CC1(c2cccc(Nc3cccc4oc(C5CC5)nc34)c2)CNCC(N)O1. The van der Waals surface area contributed by atoms with E-state index >= 15 is 0 Å². The first-order chi connectivity index (χ1) is 13.1. The zero-order chi connectivity index (χ0) is 18.4. The quantitative estimate of drug-likeness (QED) is 0.656. The number of ether oxygens (including phenoxy) is 1. The molecule has 140 valence electrons. The van der Waals surface area contributed by atoms with E-state index in [4.69, 9.17) is 19.9 Å². The van der Waals surface area contributed by atoms with E-state index in [1.165, 1.54) is 12.8 Å². The predicted molar refractivity (Wildman–Crippen MR) is 105 cm³/mol. The summed E-state index contributed by atoms with van der Waals surface area (Å²) in [6.07, 6.45) is 2.05. The van der Waals surface area contributed by atoms with Crippen molar-refractivity contribution < 1.29 is 9.15 Å². The van der Waals surface area contributed by atoms with Gasteiger partial charge in [0.15, 0.2) is 11.5 Å². The standard InChI is InChI=1S/C21H24N4O2/c1-21(12-23-11-18(22)27-21)14-4-2-5-15(10-14)24-16-6-3-7-17-19(16)25-20(26-17)13-8-9-13/h2-7,10,13,18,23-24H,8-9,11-12,22H2,1H3. The molecule has 1 aliphatic heterocycles. The molecule has 1 saturated heterocycles. The first-order valence-electron chi connectivity index (χ1n) is 9.52. The summed E-state index contributed by atoms with van der Waals surface area (Å²) in [6.45, 7) is 3.47. The van der Waals surface area contributed by atoms with E-state index in [9.17, 15) is 0 Å². The maximum atomic E-state index is 6.03. The van der Waals surface area contributed by atoms with Crippen LogP contribution in [0.15, 0.2) is 46.9 Å². The highest BCUT2D eigenvalue weighted by atomic mass is 16.5. The summed E-state index contributed by atoms with van der Waals surface area (Å²) >= 11 is 0. The van der Waals surface area contributed by atoms with Gasteiger partial charge in [-0.2, -0.15) is 0 Å². The topological polar surface area (TPSA) is 85.3 Å². The van der Waals surface area contributed by atoms with Crippen LogP contribution in [0.25, 0.3) is 11.1 Å². The van der Waals surface area contributed by atoms with Crippen molar-refractivity contribution in [1.29, 1.82) is 0 Å². The molecule has 0 radical (unpaired) electrons. The third-order valence-corrected chi connectivity index (χ3v) is 5.33. The maximum absolute atomic E-state index is 6.03. The minimum Gasteiger partial charge on any atom is -0.440 e. The van der Waals surface area contributed by atoms with Gasteiger partial charge in [0.25, 0.3) is 0 Å². The summed E-state index contributed by atoms with van der Waals surface area (Å²) in [5.74, 6) is 1.35. The highest BCUT2D eigenvalue weighted by molar-refractivity contribution is 5.89. The van der Waals surface area contributed by atoms with Crippen LogP contribution in [0.4, 0.5) is 11.4 Å². The number of aromatic nitrogens is 1. The Kier molecular flexibility index (Phi) is 3.93. The van der Waals surface area contributed by atoms with Crippen LogP contribution in [-0.4, -0.2) is 24.3 Å². The van der Waals surface area contributed by atoms with Crippen LogP contribution in [0.5, 0.6) is 0 Å². The summed E-state index contributed by atoms with van der Waals surface area (Å²) in [6, 6.07) is 14.3. The molecule has 27 heavy (non-hydrogen) atoms. The van der Waals surface area contributed by atoms with Crippen molar-refractivity contribution in [2.45, 2.75) is 37.5 Å². The summed E-state index contributed by atoms with van der Waals surface area (Å²) in [5, 5.41) is 6.84. The number of oxazole rings is 1. The predicted octanol–water partition coefficient (Wildman–Crippen LogP) is 3.57. The average Bonchev–Trinajstić information content (AvgIpc) is 3.41. The van der Waals surface area contributed by atoms with Gasteiger partial charge in [0.05, 0.1) is 5.69 Å². The van der Waals surface area contributed by atoms with Crippen LogP contribution < -0.4 is 16.4 Å². The second-order valence-electron chi connectivity index (χ2n) is 7.70. The van der Waals surface area contributed by atoms with E-state index in [1.807, 2.05) is 30.3 Å². The number of fused-ring (bicyclic) bond motifs is 1. The van der Waals surface area contributed by atoms with Crippen LogP contribution in [0.3, 0.4) is 0 Å². The van der Waals surface area contributed by atoms with Crippen molar-refractivity contribution in [3.05, 3.63) is 53.9 Å². The van der Waals surface area contributed by atoms with Crippen molar-refractivity contribution in [2.24, 2.45) is 5.73 Å². The van der Waals surface area contributed by atoms with Gasteiger partial charge in [-0.15, -0.1) is 0 Å². The summed E-state index contributed by atoms with van der Waals surface area (Å²) in [7, 11) is 0. The van der Waals surface area contributed by atoms with E-state index < -0.39 is 5.60 Å². The lowest BCUT2D eigenvalue weighted by atomic mass is 9.94. The number of rotatable bonds is 4. The lowest BCUT2D eigenvalue weighted by molar-refractivity contribution is -0.107. The molecule has 2 fully saturated rings. The van der Waals surface area contributed by atoms with Crippen LogP contribution in [-0.2, 0) is 10.3 Å². The molecule has 1 saturated carbocycles. The largest absolute Gasteiger partial charge is 0.440 e. The van der Waals surface area contributed by atoms with Crippen LogP contribution in [0.1, 0.15) is 37.1 Å². The van der Waals surface area contributed by atoms with E-state index in [0.717, 1.165) is 40.5 Å². The second kappa shape index (κ2) is 6.34. The molecule has 5 rings (SSSR count). The number of benzene rings is 2. The Hall–Kier alpha value is -2.41. The lowest BCUT2D eigenvalue weighted by Crippen LogP contribution is -2.53. The Bertz CT molecular complexity index is 981. The van der Waals surface area contributed by atoms with Gasteiger partial charge in [-0.3, -0.25) is 0 Å². The Balaban J connectivity index is 1.45. The van der Waals surface area contributed by atoms with Crippen molar-refractivity contribution in [3.63, 3.8) is 0 Å². The number of anilines is 2. The zero-order valence-electron chi connectivity index (χ0n) is 15.4. The monoisotopic (exact) mass is 364 g/mol. The van der Waals surface area contributed by atoms with Gasteiger partial charge in [0, 0.05) is 24.7 Å². The minimum atomic E-state index is -0.450. The van der Waals surface area contributed by atoms with E-state index in [2.05, 4.69) is 29.7 Å². The molecule has 2 unspecified atom stereocenters. The molecule has 2 aliphatic rings. The fourth-order valence-corrected chi connectivity index (χ4v) is 3.69. The normalized spacial score (nSPS) is 25.6. The van der Waals surface area contributed by atoms with Crippen molar-refractivity contribution >= 4 is 22.5 Å². The molecular formula is C21H24N4O2. The van der Waals surface area contributed by atoms with Crippen molar-refractivity contribution in [1.82, 2.24) is 10.3 Å². The summed E-state index contributed by atoms with van der Waals surface area (Å²) in [5.41, 5.74) is 10.3. The highest BCUT2D eigenvalue weighted by Gasteiger charge is 2.33. The molecule has 4 N–H and O–H groups in total. The van der Waals surface area contributed by atoms with Gasteiger partial charge in [-0.1, -0.05) is 18.2 Å². The van der Waals surface area contributed by atoms with Crippen molar-refractivity contribution in [3.8, 4) is 0 Å². The first kappa shape index (κ1) is 16.7. The fraction of sp³-hybridized carbons (Fsp3) is 0.381. The van der Waals surface area contributed by atoms with Gasteiger partial charge in [0.1, 0.15) is 17.3 Å². The molecule has 1 aromatic heterocycles. The number of hydrogen-bond acceptors (Lipinski definition) is 6. The van der Waals surface area contributed by atoms with Gasteiger partial charge in [-0.05, 0) is 49.6 Å². The van der Waals surface area contributed by atoms with Crippen LogP contribution in [0, 0.1) is 0 Å².